The molecule has 0 atom stereocenters. The van der Waals surface area contributed by atoms with Crippen LogP contribution in [0.4, 0.5) is 4.39 Å². The van der Waals surface area contributed by atoms with Crippen LogP contribution in [0.5, 0.6) is 0 Å². The Kier molecular flexibility index (Phi) is 7.69. The van der Waals surface area contributed by atoms with Crippen molar-refractivity contribution in [3.05, 3.63) is 60.0 Å². The summed E-state index contributed by atoms with van der Waals surface area (Å²) in [5, 5.41) is 8.46. The first kappa shape index (κ1) is 19.9. The second kappa shape index (κ2) is 10.5. The van der Waals surface area contributed by atoms with Crippen LogP contribution < -0.4 is 0 Å². The van der Waals surface area contributed by atoms with Gasteiger partial charge in [-0.1, -0.05) is 43.2 Å². The quantitative estimate of drug-likeness (QED) is 0.382. The molecule has 1 aromatic carbocycles. The normalized spacial score (nSPS) is 29.2. The van der Waals surface area contributed by atoms with Gasteiger partial charge < -0.3 is 0 Å². The van der Waals surface area contributed by atoms with Crippen molar-refractivity contribution in [2.75, 3.05) is 0 Å². The largest absolute Gasteiger partial charge is 0.207 e. The fourth-order valence-electron chi connectivity index (χ4n) is 5.21. The lowest BCUT2D eigenvalue weighted by atomic mass is 9.68. The minimum Gasteiger partial charge on any atom is -0.207 e. The van der Waals surface area contributed by atoms with E-state index in [9.17, 15) is 4.39 Å². The highest BCUT2D eigenvalue weighted by atomic mass is 19.1. The Morgan fingerprint density at radius 3 is 2.15 bits per heavy atom. The van der Waals surface area contributed by atoms with Crippen LogP contribution in [0.15, 0.2) is 48.6 Å². The van der Waals surface area contributed by atoms with Gasteiger partial charge in [0.15, 0.2) is 0 Å². The molecule has 0 heterocycles. The van der Waals surface area contributed by atoms with Crippen molar-refractivity contribution in [1.29, 1.82) is 5.26 Å². The van der Waals surface area contributed by atoms with Crippen LogP contribution in [-0.2, 0) is 0 Å². The number of hydrogen-bond acceptors (Lipinski definition) is 1. The van der Waals surface area contributed by atoms with E-state index in [0.717, 1.165) is 24.2 Å². The summed E-state index contributed by atoms with van der Waals surface area (Å²) in [6.45, 7) is 0. The van der Waals surface area contributed by atoms with Crippen molar-refractivity contribution in [2.24, 2.45) is 17.8 Å². The maximum absolute atomic E-state index is 13.1. The van der Waals surface area contributed by atoms with Crippen LogP contribution in [0, 0.1) is 34.9 Å². The van der Waals surface area contributed by atoms with Crippen molar-refractivity contribution >= 4 is 0 Å². The molecule has 1 aromatic rings. The number of rotatable bonds is 6. The lowest BCUT2D eigenvalue weighted by Gasteiger charge is -2.38. The van der Waals surface area contributed by atoms with Crippen LogP contribution in [0.3, 0.4) is 0 Å². The number of hydrogen-bond donors (Lipinski definition) is 0. The van der Waals surface area contributed by atoms with Crippen LogP contribution in [0.1, 0.15) is 75.7 Å². The van der Waals surface area contributed by atoms with E-state index >= 15 is 0 Å². The van der Waals surface area contributed by atoms with Gasteiger partial charge in [-0.2, -0.15) is 5.26 Å². The Labute approximate surface area is 164 Å². The zero-order chi connectivity index (χ0) is 18.9. The topological polar surface area (TPSA) is 23.8 Å². The molecule has 0 bridgehead atoms. The van der Waals surface area contributed by atoms with Crippen LogP contribution in [0.25, 0.3) is 0 Å². The van der Waals surface area contributed by atoms with Crippen molar-refractivity contribution in [3.8, 4) is 6.07 Å². The van der Waals surface area contributed by atoms with E-state index in [-0.39, 0.29) is 5.82 Å². The maximum atomic E-state index is 13.1. The summed E-state index contributed by atoms with van der Waals surface area (Å²) in [6, 6.07) is 9.19. The number of allylic oxidation sites excluding steroid dienone is 4. The van der Waals surface area contributed by atoms with E-state index in [1.807, 2.05) is 30.4 Å². The minimum atomic E-state index is -0.127. The van der Waals surface area contributed by atoms with Crippen LogP contribution in [-0.4, -0.2) is 0 Å². The third-order valence-corrected chi connectivity index (χ3v) is 6.83. The molecular weight excluding hydrogens is 333 g/mol. The zero-order valence-electron chi connectivity index (χ0n) is 16.3. The van der Waals surface area contributed by atoms with Gasteiger partial charge in [0.25, 0.3) is 0 Å². The molecule has 0 radical (unpaired) electrons. The van der Waals surface area contributed by atoms with Crippen molar-refractivity contribution in [3.63, 3.8) is 0 Å². The third-order valence-electron chi connectivity index (χ3n) is 6.83. The molecule has 1 nitrogen and oxygen atoms in total. The van der Waals surface area contributed by atoms with Crippen molar-refractivity contribution in [2.45, 2.75) is 70.1 Å². The van der Waals surface area contributed by atoms with Gasteiger partial charge in [0.1, 0.15) is 5.82 Å². The Morgan fingerprint density at radius 1 is 0.889 bits per heavy atom. The molecule has 27 heavy (non-hydrogen) atoms. The predicted octanol–water partition coefficient (Wildman–Crippen LogP) is 7.32. The van der Waals surface area contributed by atoms with Gasteiger partial charge in [0.2, 0.25) is 0 Å². The Morgan fingerprint density at radius 2 is 1.52 bits per heavy atom. The smallest absolute Gasteiger partial charge is 0.123 e. The van der Waals surface area contributed by atoms with Gasteiger partial charge in [-0.25, -0.2) is 4.39 Å². The molecule has 2 aliphatic rings. The molecule has 2 fully saturated rings. The predicted molar refractivity (Wildman–Crippen MR) is 110 cm³/mol. The Balaban J connectivity index is 1.36. The number of nitrogens with zero attached hydrogens (tertiary/aromatic N) is 1. The summed E-state index contributed by atoms with van der Waals surface area (Å²) in [4.78, 5) is 0. The van der Waals surface area contributed by atoms with E-state index in [1.165, 1.54) is 69.4 Å². The van der Waals surface area contributed by atoms with E-state index in [4.69, 9.17) is 5.26 Å². The summed E-state index contributed by atoms with van der Waals surface area (Å²) in [7, 11) is 0. The highest BCUT2D eigenvalue weighted by Gasteiger charge is 2.31. The second-order valence-electron chi connectivity index (χ2n) is 8.44. The van der Waals surface area contributed by atoms with Gasteiger partial charge in [0, 0.05) is 6.08 Å². The molecule has 0 aromatic heterocycles. The van der Waals surface area contributed by atoms with E-state index in [1.54, 1.807) is 12.1 Å². The molecule has 144 valence electrons. The van der Waals surface area contributed by atoms with Crippen LogP contribution in [0.2, 0.25) is 0 Å². The van der Waals surface area contributed by atoms with Gasteiger partial charge >= 0.3 is 0 Å². The molecule has 0 amide bonds. The van der Waals surface area contributed by atoms with Crippen LogP contribution >= 0.6 is 0 Å². The average Bonchev–Trinajstić information content (AvgIpc) is 2.72. The lowest BCUT2D eigenvalue weighted by molar-refractivity contribution is 0.157. The maximum Gasteiger partial charge on any atom is 0.123 e. The number of halogens is 1. The zero-order valence-corrected chi connectivity index (χ0v) is 16.3. The number of nitriles is 1. The molecular formula is C25H32FN. The summed E-state index contributed by atoms with van der Waals surface area (Å²) in [5.41, 5.74) is 1.33. The second-order valence-corrected chi connectivity index (χ2v) is 8.44. The summed E-state index contributed by atoms with van der Waals surface area (Å²) in [5.74, 6) is 3.25. The Bertz CT molecular complexity index is 651. The van der Waals surface area contributed by atoms with Gasteiger partial charge in [-0.05, 0) is 92.7 Å². The SMILES string of the molecule is N#CC=CC=CCC[C@H]1CC[C@H]([C@H]2CC[C@H](c3ccc(F)cc3)CC2)CC1. The fourth-order valence-corrected chi connectivity index (χ4v) is 5.21. The molecule has 0 saturated heterocycles. The molecule has 2 heteroatoms. The van der Waals surface area contributed by atoms with E-state index in [0.29, 0.717) is 5.92 Å². The summed E-state index contributed by atoms with van der Waals surface area (Å²) < 4.78 is 13.1. The molecule has 3 rings (SSSR count). The minimum absolute atomic E-state index is 0.127. The molecule has 0 unspecified atom stereocenters. The highest BCUT2D eigenvalue weighted by molar-refractivity contribution is 5.21. The monoisotopic (exact) mass is 365 g/mol. The first-order valence-electron chi connectivity index (χ1n) is 10.7. The van der Waals surface area contributed by atoms with E-state index in [2.05, 4.69) is 6.08 Å². The van der Waals surface area contributed by atoms with Gasteiger partial charge in [-0.3, -0.25) is 0 Å². The summed E-state index contributed by atoms with van der Waals surface area (Å²) >= 11 is 0. The van der Waals surface area contributed by atoms with Gasteiger partial charge in [-0.15, -0.1) is 0 Å². The fraction of sp³-hybridized carbons (Fsp3) is 0.560. The van der Waals surface area contributed by atoms with E-state index < -0.39 is 0 Å². The summed E-state index contributed by atoms with van der Waals surface area (Å²) in [6.07, 6.45) is 20.8. The first-order chi connectivity index (χ1) is 13.3. The molecule has 0 aliphatic heterocycles. The number of benzene rings is 1. The standard InChI is InChI=1S/C25H32FN/c26-25-17-15-24(16-18-25)23-13-11-22(12-14-23)21-9-7-20(8-10-21)6-4-2-1-3-5-19-27/h1-3,5,15-18,20-23H,4,6-14H2/t20-,21-,22-,23-. The first-order valence-corrected chi connectivity index (χ1v) is 10.7. The molecule has 0 spiro atoms. The Hall–Kier alpha value is -1.88. The average molecular weight is 366 g/mol. The molecule has 2 aliphatic carbocycles. The lowest BCUT2D eigenvalue weighted by Crippen LogP contribution is -2.25. The van der Waals surface area contributed by atoms with Crippen molar-refractivity contribution < 1.29 is 4.39 Å². The third kappa shape index (κ3) is 6.06. The van der Waals surface area contributed by atoms with Crippen molar-refractivity contribution in [1.82, 2.24) is 0 Å². The van der Waals surface area contributed by atoms with Gasteiger partial charge in [0.05, 0.1) is 6.07 Å². The molecule has 0 N–H and O–H groups in total. The highest BCUT2D eigenvalue weighted by Crippen LogP contribution is 2.44. The molecule has 2 saturated carbocycles.